The van der Waals surface area contributed by atoms with Gasteiger partial charge in [0.15, 0.2) is 0 Å². The van der Waals surface area contributed by atoms with Gasteiger partial charge in [-0.2, -0.15) is 0 Å². The summed E-state index contributed by atoms with van der Waals surface area (Å²) in [6.07, 6.45) is 5.12. The molecule has 2 aromatic carbocycles. The summed E-state index contributed by atoms with van der Waals surface area (Å²) in [5, 5.41) is 4.19. The summed E-state index contributed by atoms with van der Waals surface area (Å²) in [4.78, 5) is 0. The molecule has 0 aliphatic heterocycles. The van der Waals surface area contributed by atoms with Crippen molar-refractivity contribution in [3.63, 3.8) is 0 Å². The fourth-order valence-electron chi connectivity index (χ4n) is 3.06. The van der Waals surface area contributed by atoms with Gasteiger partial charge < -0.3 is 5.32 Å². The molecule has 0 heterocycles. The Balaban J connectivity index is 1.92. The van der Waals surface area contributed by atoms with Crippen LogP contribution in [-0.4, -0.2) is 6.54 Å². The molecule has 21 heavy (non-hydrogen) atoms. The number of rotatable bonds is 4. The Morgan fingerprint density at radius 2 is 1.67 bits per heavy atom. The zero-order valence-corrected chi connectivity index (χ0v) is 13.3. The Hall–Kier alpha value is -1.31. The first-order valence-electron chi connectivity index (χ1n) is 7.89. The van der Waals surface area contributed by atoms with Crippen LogP contribution in [-0.2, 0) is 19.4 Å². The molecule has 0 fully saturated rings. The van der Waals surface area contributed by atoms with E-state index in [4.69, 9.17) is 11.6 Å². The predicted molar refractivity (Wildman–Crippen MR) is 90.9 cm³/mol. The molecule has 0 radical (unpaired) electrons. The van der Waals surface area contributed by atoms with Gasteiger partial charge in [-0.15, -0.1) is 0 Å². The van der Waals surface area contributed by atoms with Crippen molar-refractivity contribution in [2.75, 3.05) is 6.54 Å². The van der Waals surface area contributed by atoms with E-state index < -0.39 is 0 Å². The standard InChI is InChI=1S/C19H22ClN/c1-2-21-13-18-12-17(9-10-19(18)20)16-8-7-14-5-3-4-6-15(14)11-16/h7-12,21H,2-6,13H2,1H3. The minimum Gasteiger partial charge on any atom is -0.313 e. The smallest absolute Gasteiger partial charge is 0.0451 e. The van der Waals surface area contributed by atoms with E-state index in [0.717, 1.165) is 18.1 Å². The average molecular weight is 300 g/mol. The number of fused-ring (bicyclic) bond motifs is 1. The summed E-state index contributed by atoms with van der Waals surface area (Å²) in [6, 6.07) is 13.3. The van der Waals surface area contributed by atoms with Crippen LogP contribution in [0.5, 0.6) is 0 Å². The molecule has 0 amide bonds. The Kier molecular flexibility index (Phi) is 4.62. The highest BCUT2D eigenvalue weighted by Crippen LogP contribution is 2.29. The fourth-order valence-corrected chi connectivity index (χ4v) is 3.25. The largest absolute Gasteiger partial charge is 0.313 e. The van der Waals surface area contributed by atoms with Gasteiger partial charge in [-0.1, -0.05) is 42.8 Å². The monoisotopic (exact) mass is 299 g/mol. The van der Waals surface area contributed by atoms with Gasteiger partial charge in [0.2, 0.25) is 0 Å². The lowest BCUT2D eigenvalue weighted by atomic mass is 9.89. The Morgan fingerprint density at radius 3 is 2.48 bits per heavy atom. The second-order valence-corrected chi connectivity index (χ2v) is 6.18. The lowest BCUT2D eigenvalue weighted by Gasteiger charge is -2.17. The highest BCUT2D eigenvalue weighted by Gasteiger charge is 2.11. The van der Waals surface area contributed by atoms with E-state index in [1.165, 1.54) is 53.5 Å². The first kappa shape index (κ1) is 14.6. The molecular weight excluding hydrogens is 278 g/mol. The van der Waals surface area contributed by atoms with E-state index in [0.29, 0.717) is 0 Å². The first-order valence-corrected chi connectivity index (χ1v) is 8.27. The fraction of sp³-hybridized carbons (Fsp3) is 0.368. The van der Waals surface area contributed by atoms with Gasteiger partial charge in [0, 0.05) is 11.6 Å². The number of hydrogen-bond acceptors (Lipinski definition) is 1. The van der Waals surface area contributed by atoms with E-state index in [-0.39, 0.29) is 0 Å². The van der Waals surface area contributed by atoms with Gasteiger partial charge in [0.1, 0.15) is 0 Å². The van der Waals surface area contributed by atoms with Crippen molar-refractivity contribution in [1.82, 2.24) is 5.32 Å². The third-order valence-electron chi connectivity index (χ3n) is 4.29. The molecule has 1 nitrogen and oxygen atoms in total. The van der Waals surface area contributed by atoms with Gasteiger partial charge in [0.05, 0.1) is 0 Å². The summed E-state index contributed by atoms with van der Waals surface area (Å²) in [5.41, 5.74) is 6.81. The van der Waals surface area contributed by atoms with Crippen molar-refractivity contribution in [2.45, 2.75) is 39.2 Å². The second-order valence-electron chi connectivity index (χ2n) is 5.78. The van der Waals surface area contributed by atoms with Gasteiger partial charge in [-0.3, -0.25) is 0 Å². The van der Waals surface area contributed by atoms with E-state index in [9.17, 15) is 0 Å². The van der Waals surface area contributed by atoms with Crippen LogP contribution in [0.4, 0.5) is 0 Å². The van der Waals surface area contributed by atoms with Crippen molar-refractivity contribution in [3.8, 4) is 11.1 Å². The minimum atomic E-state index is 0.827. The molecule has 2 heteroatoms. The number of nitrogens with one attached hydrogen (secondary N) is 1. The Morgan fingerprint density at radius 1 is 0.952 bits per heavy atom. The lowest BCUT2D eigenvalue weighted by Crippen LogP contribution is -2.12. The number of benzene rings is 2. The van der Waals surface area contributed by atoms with Crippen molar-refractivity contribution in [1.29, 1.82) is 0 Å². The molecule has 0 unspecified atom stereocenters. The van der Waals surface area contributed by atoms with Crippen molar-refractivity contribution < 1.29 is 0 Å². The zero-order chi connectivity index (χ0) is 14.7. The normalized spacial score (nSPS) is 14.0. The summed E-state index contributed by atoms with van der Waals surface area (Å²) < 4.78 is 0. The topological polar surface area (TPSA) is 12.0 Å². The lowest BCUT2D eigenvalue weighted by molar-refractivity contribution is 0.686. The van der Waals surface area contributed by atoms with Gasteiger partial charge in [0.25, 0.3) is 0 Å². The maximum atomic E-state index is 6.29. The second kappa shape index (κ2) is 6.64. The molecular formula is C19H22ClN. The molecule has 3 rings (SSSR count). The van der Waals surface area contributed by atoms with Crippen LogP contribution >= 0.6 is 11.6 Å². The molecule has 1 aliphatic rings. The SMILES string of the molecule is CCNCc1cc(-c2ccc3c(c2)CCCC3)ccc1Cl. The maximum Gasteiger partial charge on any atom is 0.0451 e. The number of hydrogen-bond donors (Lipinski definition) is 1. The summed E-state index contributed by atoms with van der Waals surface area (Å²) >= 11 is 6.29. The van der Waals surface area contributed by atoms with Crippen LogP contribution in [0.25, 0.3) is 11.1 Å². The molecule has 0 saturated carbocycles. The summed E-state index contributed by atoms with van der Waals surface area (Å²) in [6.45, 7) is 3.90. The van der Waals surface area contributed by atoms with E-state index in [1.54, 1.807) is 0 Å². The van der Waals surface area contributed by atoms with Gasteiger partial charge >= 0.3 is 0 Å². The highest BCUT2D eigenvalue weighted by molar-refractivity contribution is 6.31. The minimum absolute atomic E-state index is 0.827. The van der Waals surface area contributed by atoms with Crippen molar-refractivity contribution >= 4 is 11.6 Å². The molecule has 2 aromatic rings. The predicted octanol–water partition coefficient (Wildman–Crippen LogP) is 5.00. The molecule has 0 spiro atoms. The van der Waals surface area contributed by atoms with Gasteiger partial charge in [-0.05, 0) is 72.2 Å². The molecule has 0 aromatic heterocycles. The summed E-state index contributed by atoms with van der Waals surface area (Å²) in [7, 11) is 0. The molecule has 0 saturated heterocycles. The molecule has 0 atom stereocenters. The van der Waals surface area contributed by atoms with Crippen LogP contribution in [0.1, 0.15) is 36.5 Å². The molecule has 110 valence electrons. The van der Waals surface area contributed by atoms with Crippen LogP contribution in [0.15, 0.2) is 36.4 Å². The zero-order valence-electron chi connectivity index (χ0n) is 12.6. The van der Waals surface area contributed by atoms with Crippen LogP contribution < -0.4 is 5.32 Å². The molecule has 1 aliphatic carbocycles. The maximum absolute atomic E-state index is 6.29. The third-order valence-corrected chi connectivity index (χ3v) is 4.66. The number of halogens is 1. The van der Waals surface area contributed by atoms with Crippen LogP contribution in [0.3, 0.4) is 0 Å². The van der Waals surface area contributed by atoms with Crippen molar-refractivity contribution in [3.05, 3.63) is 58.1 Å². The van der Waals surface area contributed by atoms with Crippen LogP contribution in [0, 0.1) is 0 Å². The molecule has 0 bridgehead atoms. The van der Waals surface area contributed by atoms with Gasteiger partial charge in [-0.25, -0.2) is 0 Å². The average Bonchev–Trinajstić information content (AvgIpc) is 2.53. The molecule has 1 N–H and O–H groups in total. The summed E-state index contributed by atoms with van der Waals surface area (Å²) in [5.74, 6) is 0. The number of aryl methyl sites for hydroxylation is 2. The Bertz CT molecular complexity index is 633. The van der Waals surface area contributed by atoms with Crippen LogP contribution in [0.2, 0.25) is 5.02 Å². The van der Waals surface area contributed by atoms with E-state index in [1.807, 2.05) is 6.07 Å². The van der Waals surface area contributed by atoms with E-state index >= 15 is 0 Å². The third kappa shape index (κ3) is 3.30. The Labute approximate surface area is 132 Å². The first-order chi connectivity index (χ1) is 10.3. The highest BCUT2D eigenvalue weighted by atomic mass is 35.5. The van der Waals surface area contributed by atoms with E-state index in [2.05, 4.69) is 42.6 Å². The quantitative estimate of drug-likeness (QED) is 0.838. The van der Waals surface area contributed by atoms with Crippen molar-refractivity contribution in [2.24, 2.45) is 0 Å².